The number of fused-ring (bicyclic) bond motifs is 1. The van der Waals surface area contributed by atoms with E-state index in [2.05, 4.69) is 22.0 Å². The summed E-state index contributed by atoms with van der Waals surface area (Å²) in [4.78, 5) is 4.89. The van der Waals surface area contributed by atoms with Crippen molar-refractivity contribution >= 4 is 16.7 Å². The molecule has 0 saturated heterocycles. The number of nitrogens with one attached hydrogen (secondary N) is 1. The first-order valence-corrected chi connectivity index (χ1v) is 10.8. The van der Waals surface area contributed by atoms with Crippen LogP contribution in [0.4, 0.5) is 10.1 Å². The van der Waals surface area contributed by atoms with Gasteiger partial charge in [0.25, 0.3) is 0 Å². The lowest BCUT2D eigenvalue weighted by atomic mass is 9.85. The van der Waals surface area contributed by atoms with Gasteiger partial charge in [-0.3, -0.25) is 0 Å². The first-order chi connectivity index (χ1) is 14.9. The minimum Gasteiger partial charge on any atom is -0.381 e. The van der Waals surface area contributed by atoms with Gasteiger partial charge in [-0.2, -0.15) is 0 Å². The molecule has 0 atom stereocenters. The topological polar surface area (TPSA) is 55.9 Å². The summed E-state index contributed by atoms with van der Waals surface area (Å²) in [6, 6.07) is 20.1. The Kier molecular flexibility index (Phi) is 4.78. The average molecular weight is 415 g/mol. The zero-order valence-corrected chi connectivity index (χ0v) is 18.0. The Morgan fingerprint density at radius 3 is 2.55 bits per heavy atom. The maximum atomic E-state index is 15.2. The number of hydrogen-bond donors (Lipinski definition) is 2. The molecular weight excluding hydrogens is 387 g/mol. The van der Waals surface area contributed by atoms with E-state index in [-0.39, 0.29) is 5.82 Å². The third-order valence-electron chi connectivity index (χ3n) is 6.30. The molecule has 3 aromatic carbocycles. The number of nitrogens with zero attached hydrogens (tertiary/aromatic N) is 2. The molecule has 5 rings (SSSR count). The second-order valence-electron chi connectivity index (χ2n) is 8.71. The van der Waals surface area contributed by atoms with E-state index in [1.54, 1.807) is 6.92 Å². The number of nitrogens with two attached hydrogens (primary N) is 1. The molecule has 158 valence electrons. The van der Waals surface area contributed by atoms with Gasteiger partial charge in [0, 0.05) is 12.2 Å². The fourth-order valence-electron chi connectivity index (χ4n) is 4.50. The number of rotatable bonds is 5. The summed E-state index contributed by atoms with van der Waals surface area (Å²) in [5, 5.41) is 3.46. The van der Waals surface area contributed by atoms with E-state index < -0.39 is 5.66 Å². The fraction of sp³-hybridized carbons (Fsp3) is 0.269. The van der Waals surface area contributed by atoms with Gasteiger partial charge in [0.1, 0.15) is 11.6 Å². The van der Waals surface area contributed by atoms with Crippen LogP contribution in [0.15, 0.2) is 60.7 Å². The van der Waals surface area contributed by atoms with Crippen molar-refractivity contribution in [2.45, 2.75) is 45.3 Å². The summed E-state index contributed by atoms with van der Waals surface area (Å²) in [5.41, 5.74) is 12.3. The van der Waals surface area contributed by atoms with Crippen molar-refractivity contribution in [1.29, 1.82) is 0 Å². The van der Waals surface area contributed by atoms with Gasteiger partial charge < -0.3 is 15.6 Å². The monoisotopic (exact) mass is 414 g/mol. The van der Waals surface area contributed by atoms with E-state index in [9.17, 15) is 0 Å². The Bertz CT molecular complexity index is 1260. The summed E-state index contributed by atoms with van der Waals surface area (Å²) < 4.78 is 17.2. The van der Waals surface area contributed by atoms with Crippen molar-refractivity contribution in [2.24, 2.45) is 5.73 Å². The molecule has 31 heavy (non-hydrogen) atoms. The highest BCUT2D eigenvalue weighted by atomic mass is 19.1. The second-order valence-corrected chi connectivity index (χ2v) is 8.71. The summed E-state index contributed by atoms with van der Waals surface area (Å²) >= 11 is 0. The van der Waals surface area contributed by atoms with Crippen molar-refractivity contribution in [3.63, 3.8) is 0 Å². The van der Waals surface area contributed by atoms with Gasteiger partial charge in [0.2, 0.25) is 0 Å². The maximum Gasteiger partial charge on any atom is 0.145 e. The molecule has 4 nitrogen and oxygen atoms in total. The Morgan fingerprint density at radius 1 is 1.06 bits per heavy atom. The average Bonchev–Trinajstić information content (AvgIpc) is 3.12. The minimum absolute atomic E-state index is 0.229. The number of aromatic nitrogens is 2. The van der Waals surface area contributed by atoms with Crippen molar-refractivity contribution in [3.05, 3.63) is 83.2 Å². The molecule has 0 bridgehead atoms. The van der Waals surface area contributed by atoms with Crippen LogP contribution in [0.5, 0.6) is 0 Å². The van der Waals surface area contributed by atoms with Crippen LogP contribution in [0.25, 0.3) is 22.4 Å². The molecule has 0 spiro atoms. The smallest absolute Gasteiger partial charge is 0.145 e. The quantitative estimate of drug-likeness (QED) is 0.430. The van der Waals surface area contributed by atoms with Crippen molar-refractivity contribution in [2.75, 3.05) is 5.32 Å². The minimum atomic E-state index is -0.521. The van der Waals surface area contributed by atoms with Gasteiger partial charge in [-0.1, -0.05) is 36.4 Å². The zero-order chi connectivity index (χ0) is 21.6. The molecule has 1 fully saturated rings. The molecule has 4 aromatic rings. The number of imidazole rings is 1. The lowest BCUT2D eigenvalue weighted by molar-refractivity contribution is 0.159. The Hall–Kier alpha value is -3.18. The summed E-state index contributed by atoms with van der Waals surface area (Å²) in [5.74, 6) is 0.384. The van der Waals surface area contributed by atoms with E-state index in [1.807, 2.05) is 55.5 Å². The van der Waals surface area contributed by atoms with Crippen molar-refractivity contribution in [3.8, 4) is 11.4 Å². The molecule has 1 aromatic heterocycles. The zero-order valence-electron chi connectivity index (χ0n) is 18.0. The standard InChI is InChI=1S/C26H27FN4/c1-17-13-18(2)24(27)21(14-17)25-30-22-15-20(29-16-19-7-4-3-5-8-19)9-10-23(22)31(25)26(28)11-6-12-26/h3-5,7-10,13-15,29H,6,11-12,16,28H2,1-2H3. The Morgan fingerprint density at radius 2 is 1.84 bits per heavy atom. The van der Waals surface area contributed by atoms with Crippen LogP contribution >= 0.6 is 0 Å². The number of aryl methyl sites for hydroxylation is 2. The number of halogens is 1. The van der Waals surface area contributed by atoms with Gasteiger partial charge in [-0.25, -0.2) is 9.37 Å². The molecule has 0 aliphatic heterocycles. The molecule has 0 unspecified atom stereocenters. The van der Waals surface area contributed by atoms with E-state index in [1.165, 1.54) is 5.56 Å². The van der Waals surface area contributed by atoms with E-state index in [0.29, 0.717) is 17.0 Å². The van der Waals surface area contributed by atoms with E-state index in [0.717, 1.165) is 48.1 Å². The number of benzene rings is 3. The first-order valence-electron chi connectivity index (χ1n) is 10.8. The molecule has 1 aliphatic rings. The summed E-state index contributed by atoms with van der Waals surface area (Å²) in [6.45, 7) is 4.51. The lowest BCUT2D eigenvalue weighted by Gasteiger charge is -2.41. The van der Waals surface area contributed by atoms with Gasteiger partial charge in [-0.05, 0) is 74.1 Å². The van der Waals surface area contributed by atoms with Crippen LogP contribution < -0.4 is 11.1 Å². The van der Waals surface area contributed by atoms with Crippen LogP contribution in [0.1, 0.15) is 36.0 Å². The molecule has 1 aliphatic carbocycles. The fourth-order valence-corrected chi connectivity index (χ4v) is 4.50. The predicted molar refractivity (Wildman–Crippen MR) is 124 cm³/mol. The maximum absolute atomic E-state index is 15.2. The molecule has 0 radical (unpaired) electrons. The molecular formula is C26H27FN4. The van der Waals surface area contributed by atoms with Gasteiger partial charge in [0.15, 0.2) is 0 Å². The predicted octanol–water partition coefficient (Wildman–Crippen LogP) is 5.87. The van der Waals surface area contributed by atoms with Crippen LogP contribution in [0, 0.1) is 19.7 Å². The van der Waals surface area contributed by atoms with Crippen molar-refractivity contribution in [1.82, 2.24) is 9.55 Å². The second kappa shape index (κ2) is 7.50. The van der Waals surface area contributed by atoms with Crippen LogP contribution in [-0.4, -0.2) is 9.55 Å². The highest BCUT2D eigenvalue weighted by Crippen LogP contribution is 2.41. The molecule has 0 amide bonds. The summed E-state index contributed by atoms with van der Waals surface area (Å²) in [7, 11) is 0. The molecule has 1 saturated carbocycles. The van der Waals surface area contributed by atoms with Crippen LogP contribution in [0.3, 0.4) is 0 Å². The highest BCUT2D eigenvalue weighted by Gasteiger charge is 2.38. The lowest BCUT2D eigenvalue weighted by Crippen LogP contribution is -2.49. The Balaban J connectivity index is 1.61. The number of hydrogen-bond acceptors (Lipinski definition) is 3. The van der Waals surface area contributed by atoms with E-state index >= 15 is 4.39 Å². The van der Waals surface area contributed by atoms with Gasteiger partial charge in [-0.15, -0.1) is 0 Å². The van der Waals surface area contributed by atoms with Crippen LogP contribution in [0.2, 0.25) is 0 Å². The first kappa shape index (κ1) is 19.8. The molecule has 3 N–H and O–H groups in total. The number of anilines is 1. The summed E-state index contributed by atoms with van der Waals surface area (Å²) in [6.07, 6.45) is 2.80. The third-order valence-corrected chi connectivity index (χ3v) is 6.30. The molecule has 5 heteroatoms. The largest absolute Gasteiger partial charge is 0.381 e. The van der Waals surface area contributed by atoms with Gasteiger partial charge >= 0.3 is 0 Å². The molecule has 1 heterocycles. The van der Waals surface area contributed by atoms with Crippen molar-refractivity contribution < 1.29 is 4.39 Å². The third kappa shape index (κ3) is 3.49. The van der Waals surface area contributed by atoms with Crippen LogP contribution in [-0.2, 0) is 12.2 Å². The SMILES string of the molecule is Cc1cc(C)c(F)c(-c2nc3cc(NCc4ccccc4)ccc3n2C2(N)CCC2)c1. The van der Waals surface area contributed by atoms with E-state index in [4.69, 9.17) is 10.7 Å². The highest BCUT2D eigenvalue weighted by molar-refractivity contribution is 5.84. The van der Waals surface area contributed by atoms with Gasteiger partial charge in [0.05, 0.1) is 22.3 Å². The normalized spacial score (nSPS) is 15.1. The Labute approximate surface area is 181 Å².